The number of hydrogen-bond acceptors (Lipinski definition) is 7. The molecule has 164 valence electrons. The molecule has 0 bridgehead atoms. The van der Waals surface area contributed by atoms with Gasteiger partial charge in [0.15, 0.2) is 5.13 Å². The molecule has 0 saturated carbocycles. The van der Waals surface area contributed by atoms with Crippen molar-refractivity contribution in [2.45, 2.75) is 11.4 Å². The van der Waals surface area contributed by atoms with Gasteiger partial charge in [-0.25, -0.2) is 4.98 Å². The third kappa shape index (κ3) is 4.98. The largest absolute Gasteiger partial charge is 0.495 e. The predicted octanol–water partition coefficient (Wildman–Crippen LogP) is 5.69. The highest BCUT2D eigenvalue weighted by Crippen LogP contribution is 2.40. The van der Waals surface area contributed by atoms with Gasteiger partial charge in [-0.3, -0.25) is 14.7 Å². The number of methoxy groups -OCH3 is 2. The molecule has 0 unspecified atom stereocenters. The Labute approximate surface area is 199 Å². The van der Waals surface area contributed by atoms with Gasteiger partial charge in [-0.1, -0.05) is 29.0 Å². The number of anilines is 1. The van der Waals surface area contributed by atoms with Crippen molar-refractivity contribution in [2.24, 2.45) is 0 Å². The van der Waals surface area contributed by atoms with Gasteiger partial charge in [0.25, 0.3) is 0 Å². The number of thiazole rings is 1. The minimum absolute atomic E-state index is 0.0641. The molecule has 4 aromatic rings. The molecule has 32 heavy (non-hydrogen) atoms. The first-order chi connectivity index (χ1) is 15.6. The molecule has 1 amide bonds. The Hall–Kier alpha value is -2.81. The lowest BCUT2D eigenvalue weighted by atomic mass is 10.2. The van der Waals surface area contributed by atoms with Gasteiger partial charge >= 0.3 is 0 Å². The zero-order valence-electron chi connectivity index (χ0n) is 17.4. The molecule has 0 aliphatic carbocycles. The van der Waals surface area contributed by atoms with E-state index in [0.717, 1.165) is 15.2 Å². The molecule has 2 aromatic heterocycles. The Kier molecular flexibility index (Phi) is 7.14. The smallest absolute Gasteiger partial charge is 0.239 e. The highest BCUT2D eigenvalue weighted by molar-refractivity contribution is 8.00. The number of ether oxygens (including phenoxy) is 2. The Morgan fingerprint density at radius 2 is 1.84 bits per heavy atom. The number of hydrogen-bond donors (Lipinski definition) is 0. The van der Waals surface area contributed by atoms with Gasteiger partial charge in [0.2, 0.25) is 5.91 Å². The molecule has 0 radical (unpaired) electrons. The molecule has 0 spiro atoms. The van der Waals surface area contributed by atoms with Crippen LogP contribution in [0.5, 0.6) is 11.5 Å². The molecule has 2 heterocycles. The van der Waals surface area contributed by atoms with E-state index >= 15 is 0 Å². The number of rotatable bonds is 8. The number of fused-ring (bicyclic) bond motifs is 1. The number of aromatic nitrogens is 2. The van der Waals surface area contributed by atoms with Crippen LogP contribution in [0.4, 0.5) is 5.13 Å². The highest BCUT2D eigenvalue weighted by Gasteiger charge is 2.23. The van der Waals surface area contributed by atoms with Crippen LogP contribution < -0.4 is 14.4 Å². The second kappa shape index (κ2) is 10.2. The monoisotopic (exact) mass is 485 g/mol. The third-order valence-electron chi connectivity index (χ3n) is 4.67. The molecular formula is C23H20ClN3O3S2. The van der Waals surface area contributed by atoms with Gasteiger partial charge in [-0.15, -0.1) is 11.8 Å². The van der Waals surface area contributed by atoms with Crippen LogP contribution in [0.1, 0.15) is 5.56 Å². The molecule has 4 rings (SSSR count). The van der Waals surface area contributed by atoms with E-state index in [1.165, 1.54) is 23.1 Å². The average Bonchev–Trinajstić information content (AvgIpc) is 3.27. The summed E-state index contributed by atoms with van der Waals surface area (Å²) in [4.78, 5) is 24.9. The summed E-state index contributed by atoms with van der Waals surface area (Å²) in [6, 6.07) is 14.9. The van der Waals surface area contributed by atoms with Crippen molar-refractivity contribution in [1.29, 1.82) is 0 Å². The molecule has 0 aliphatic heterocycles. The van der Waals surface area contributed by atoms with Crippen molar-refractivity contribution < 1.29 is 14.3 Å². The van der Waals surface area contributed by atoms with Crippen LogP contribution in [0.15, 0.2) is 65.8 Å². The lowest BCUT2D eigenvalue weighted by molar-refractivity contribution is -0.116. The lowest BCUT2D eigenvalue weighted by Gasteiger charge is -2.19. The van der Waals surface area contributed by atoms with Crippen molar-refractivity contribution in [3.63, 3.8) is 0 Å². The Balaban J connectivity index is 1.67. The Bertz CT molecular complexity index is 1180. The van der Waals surface area contributed by atoms with Gasteiger partial charge < -0.3 is 9.47 Å². The summed E-state index contributed by atoms with van der Waals surface area (Å²) in [5, 5.41) is 1.24. The topological polar surface area (TPSA) is 64.6 Å². The van der Waals surface area contributed by atoms with Crippen LogP contribution in [-0.2, 0) is 11.3 Å². The van der Waals surface area contributed by atoms with Gasteiger partial charge in [-0.05, 0) is 48.0 Å². The van der Waals surface area contributed by atoms with Crippen molar-refractivity contribution in [3.05, 3.63) is 71.5 Å². The fourth-order valence-corrected chi connectivity index (χ4v) is 5.07. The number of nitrogens with zero attached hydrogens (tertiary/aromatic N) is 3. The summed E-state index contributed by atoms with van der Waals surface area (Å²) < 4.78 is 11.8. The summed E-state index contributed by atoms with van der Waals surface area (Å²) in [7, 11) is 3.21. The first kappa shape index (κ1) is 22.4. The predicted molar refractivity (Wildman–Crippen MR) is 130 cm³/mol. The van der Waals surface area contributed by atoms with E-state index < -0.39 is 0 Å². The first-order valence-electron chi connectivity index (χ1n) is 9.68. The third-order valence-corrected chi connectivity index (χ3v) is 7.01. The zero-order chi connectivity index (χ0) is 22.5. The van der Waals surface area contributed by atoms with E-state index in [1.807, 2.05) is 48.5 Å². The van der Waals surface area contributed by atoms with Crippen LogP contribution in [0.2, 0.25) is 5.02 Å². The lowest BCUT2D eigenvalue weighted by Crippen LogP contribution is -2.31. The number of pyridine rings is 1. The molecular weight excluding hydrogens is 466 g/mol. The van der Waals surface area contributed by atoms with Crippen LogP contribution in [0.3, 0.4) is 0 Å². The number of halogens is 1. The molecule has 9 heteroatoms. The summed E-state index contributed by atoms with van der Waals surface area (Å²) in [6.07, 6.45) is 3.46. The van der Waals surface area contributed by atoms with Crippen LogP contribution in [0, 0.1) is 0 Å². The van der Waals surface area contributed by atoms with E-state index in [-0.39, 0.29) is 11.7 Å². The van der Waals surface area contributed by atoms with Crippen LogP contribution in [0.25, 0.3) is 10.2 Å². The second-order valence-electron chi connectivity index (χ2n) is 6.73. The maximum Gasteiger partial charge on any atom is 0.239 e. The van der Waals surface area contributed by atoms with E-state index in [9.17, 15) is 4.79 Å². The fourth-order valence-electron chi connectivity index (χ4n) is 3.08. The number of amides is 1. The number of thioether (sulfide) groups is 1. The standard InChI is InChI=1S/C23H20ClN3O3S2/c1-29-18-9-10-19(30-2)22-21(18)26-23(32-22)27(13-15-4-3-11-25-12-15)20(28)14-31-17-7-5-16(24)6-8-17/h3-12H,13-14H2,1-2H3. The van der Waals surface area contributed by atoms with Gasteiger partial charge in [0, 0.05) is 22.3 Å². The van der Waals surface area contributed by atoms with E-state index in [1.54, 1.807) is 31.5 Å². The van der Waals surface area contributed by atoms with Crippen molar-refractivity contribution in [3.8, 4) is 11.5 Å². The highest BCUT2D eigenvalue weighted by atomic mass is 35.5. The van der Waals surface area contributed by atoms with Crippen molar-refractivity contribution in [1.82, 2.24) is 9.97 Å². The maximum absolute atomic E-state index is 13.3. The average molecular weight is 486 g/mol. The summed E-state index contributed by atoms with van der Waals surface area (Å²) in [5.74, 6) is 1.51. The van der Waals surface area contributed by atoms with Crippen LogP contribution in [-0.4, -0.2) is 35.8 Å². The number of carbonyl (C=O) groups excluding carboxylic acids is 1. The Morgan fingerprint density at radius 3 is 2.53 bits per heavy atom. The van der Waals surface area contributed by atoms with Crippen molar-refractivity contribution in [2.75, 3.05) is 24.9 Å². The number of benzene rings is 2. The minimum Gasteiger partial charge on any atom is -0.495 e. The maximum atomic E-state index is 13.3. The van der Waals surface area contributed by atoms with Gasteiger partial charge in [-0.2, -0.15) is 0 Å². The summed E-state index contributed by atoms with van der Waals surface area (Å²) >= 11 is 8.82. The fraction of sp³-hybridized carbons (Fsp3) is 0.174. The molecule has 0 atom stereocenters. The van der Waals surface area contributed by atoms with Gasteiger partial charge in [0.1, 0.15) is 21.7 Å². The first-order valence-corrected chi connectivity index (χ1v) is 11.9. The van der Waals surface area contributed by atoms with E-state index in [0.29, 0.717) is 33.7 Å². The summed E-state index contributed by atoms with van der Waals surface area (Å²) in [5.41, 5.74) is 1.58. The van der Waals surface area contributed by atoms with Gasteiger partial charge in [0.05, 0.1) is 26.5 Å². The molecule has 0 N–H and O–H groups in total. The summed E-state index contributed by atoms with van der Waals surface area (Å²) in [6.45, 7) is 0.359. The quantitative estimate of drug-likeness (QED) is 0.299. The molecule has 6 nitrogen and oxygen atoms in total. The molecule has 2 aromatic carbocycles. The molecule has 0 aliphatic rings. The molecule has 0 saturated heterocycles. The zero-order valence-corrected chi connectivity index (χ0v) is 19.8. The SMILES string of the molecule is COc1ccc(OC)c2sc(N(Cc3cccnc3)C(=O)CSc3ccc(Cl)cc3)nc12. The van der Waals surface area contributed by atoms with E-state index in [2.05, 4.69) is 4.98 Å². The number of carbonyl (C=O) groups is 1. The minimum atomic E-state index is -0.0641. The second-order valence-corrected chi connectivity index (χ2v) is 9.19. The van der Waals surface area contributed by atoms with Crippen molar-refractivity contribution >= 4 is 56.0 Å². The normalized spacial score (nSPS) is 10.8. The Morgan fingerprint density at radius 1 is 1.09 bits per heavy atom. The molecule has 0 fully saturated rings. The van der Waals surface area contributed by atoms with Crippen LogP contribution >= 0.6 is 34.7 Å². The van der Waals surface area contributed by atoms with E-state index in [4.69, 9.17) is 26.1 Å².